The smallest absolute Gasteiger partial charge is 0.249 e. The summed E-state index contributed by atoms with van der Waals surface area (Å²) in [7, 11) is -3.73. The Morgan fingerprint density at radius 2 is 1.93 bits per heavy atom. The predicted octanol–water partition coefficient (Wildman–Crippen LogP) is 1.52. The van der Waals surface area contributed by atoms with Crippen LogP contribution in [0.1, 0.15) is 18.5 Å². The molecule has 4 heterocycles. The monoisotopic (exact) mass is 386 g/mol. The van der Waals surface area contributed by atoms with E-state index in [9.17, 15) is 8.42 Å². The van der Waals surface area contributed by atoms with Gasteiger partial charge in [-0.1, -0.05) is 6.07 Å². The summed E-state index contributed by atoms with van der Waals surface area (Å²) in [5, 5.41) is 0. The molecule has 0 N–H and O–H groups in total. The van der Waals surface area contributed by atoms with Crippen molar-refractivity contribution in [3.05, 3.63) is 48.4 Å². The normalized spacial score (nSPS) is 27.4. The molecule has 2 atom stereocenters. The molecule has 2 fully saturated rings. The standard InChI is InChI=1S/C19H22N4O3S/c24-27(25)18-5-3-9-21-19(18)26-17-13-22(10-14-6-7-14)12-16(17)23(27)11-15-4-1-2-8-20-15/h1-5,8-9,14,16-17H,6-7,10-13H2/t16-,17-/m1/s1. The Bertz CT molecular complexity index is 933. The number of fused-ring (bicyclic) bond motifs is 2. The Morgan fingerprint density at radius 1 is 1.07 bits per heavy atom. The maximum atomic E-state index is 13.5. The highest BCUT2D eigenvalue weighted by Gasteiger charge is 2.48. The molecule has 7 nitrogen and oxygen atoms in total. The van der Waals surface area contributed by atoms with Crippen LogP contribution in [0.3, 0.4) is 0 Å². The Hall–Kier alpha value is -2.03. The molecule has 5 rings (SSSR count). The average molecular weight is 386 g/mol. The van der Waals surface area contributed by atoms with E-state index in [-0.39, 0.29) is 29.5 Å². The zero-order valence-corrected chi connectivity index (χ0v) is 15.8. The SMILES string of the molecule is O=S1(=O)c2cccnc2O[C@@H]2CN(CC3CC3)C[C@H]2N1Cc1ccccn1. The molecular weight excluding hydrogens is 364 g/mol. The number of sulfonamides is 1. The van der Waals surface area contributed by atoms with E-state index in [1.165, 1.54) is 12.8 Å². The number of nitrogens with zero attached hydrogens (tertiary/aromatic N) is 4. The average Bonchev–Trinajstić information content (AvgIpc) is 3.41. The van der Waals surface area contributed by atoms with E-state index in [1.807, 2.05) is 18.2 Å². The van der Waals surface area contributed by atoms with Gasteiger partial charge in [0.05, 0.1) is 18.3 Å². The van der Waals surface area contributed by atoms with Gasteiger partial charge in [0.15, 0.2) is 0 Å². The fraction of sp³-hybridized carbons (Fsp3) is 0.474. The van der Waals surface area contributed by atoms with Crippen LogP contribution in [0, 0.1) is 5.92 Å². The molecule has 1 aliphatic carbocycles. The first-order chi connectivity index (χ1) is 13.1. The van der Waals surface area contributed by atoms with Crippen molar-refractivity contribution in [2.75, 3.05) is 19.6 Å². The highest BCUT2D eigenvalue weighted by molar-refractivity contribution is 7.89. The summed E-state index contributed by atoms with van der Waals surface area (Å²) in [6.07, 6.45) is 5.59. The quantitative estimate of drug-likeness (QED) is 0.793. The van der Waals surface area contributed by atoms with Crippen LogP contribution < -0.4 is 4.74 Å². The first-order valence-corrected chi connectivity index (χ1v) is 10.8. The van der Waals surface area contributed by atoms with Crippen LogP contribution in [0.5, 0.6) is 5.88 Å². The van der Waals surface area contributed by atoms with Gasteiger partial charge < -0.3 is 4.74 Å². The molecule has 2 aromatic rings. The number of hydrogen-bond acceptors (Lipinski definition) is 6. The van der Waals surface area contributed by atoms with E-state index in [1.54, 1.807) is 28.8 Å². The summed E-state index contributed by atoms with van der Waals surface area (Å²) in [5.41, 5.74) is 0.729. The van der Waals surface area contributed by atoms with Crippen molar-refractivity contribution in [2.45, 2.75) is 36.4 Å². The lowest BCUT2D eigenvalue weighted by molar-refractivity contribution is 0.143. The molecule has 0 spiro atoms. The molecule has 0 amide bonds. The molecule has 0 bridgehead atoms. The van der Waals surface area contributed by atoms with Gasteiger partial charge in [0.2, 0.25) is 15.9 Å². The van der Waals surface area contributed by atoms with Gasteiger partial charge in [-0.15, -0.1) is 0 Å². The Balaban J connectivity index is 1.53. The molecule has 1 saturated heterocycles. The molecule has 3 aliphatic rings. The van der Waals surface area contributed by atoms with Gasteiger partial charge in [0, 0.05) is 32.0 Å². The highest BCUT2D eigenvalue weighted by atomic mass is 32.2. The van der Waals surface area contributed by atoms with Crippen molar-refractivity contribution in [1.82, 2.24) is 19.2 Å². The van der Waals surface area contributed by atoms with Gasteiger partial charge in [0.25, 0.3) is 0 Å². The largest absolute Gasteiger partial charge is 0.470 e. The Morgan fingerprint density at radius 3 is 2.70 bits per heavy atom. The number of rotatable bonds is 4. The number of aromatic nitrogens is 2. The minimum absolute atomic E-state index is 0.143. The predicted molar refractivity (Wildman–Crippen MR) is 98.6 cm³/mol. The Kier molecular flexibility index (Phi) is 4.14. The molecule has 0 radical (unpaired) electrons. The van der Waals surface area contributed by atoms with Crippen molar-refractivity contribution < 1.29 is 13.2 Å². The van der Waals surface area contributed by atoms with E-state index in [2.05, 4.69) is 14.9 Å². The van der Waals surface area contributed by atoms with Crippen LogP contribution in [0.4, 0.5) is 0 Å². The van der Waals surface area contributed by atoms with Crippen LogP contribution in [-0.4, -0.2) is 59.4 Å². The lowest BCUT2D eigenvalue weighted by atomic mass is 10.2. The van der Waals surface area contributed by atoms with Gasteiger partial charge >= 0.3 is 0 Å². The van der Waals surface area contributed by atoms with Gasteiger partial charge in [0.1, 0.15) is 11.0 Å². The van der Waals surface area contributed by atoms with E-state index in [0.29, 0.717) is 6.54 Å². The minimum Gasteiger partial charge on any atom is -0.470 e. The topological polar surface area (TPSA) is 75.6 Å². The van der Waals surface area contributed by atoms with Crippen molar-refractivity contribution in [1.29, 1.82) is 0 Å². The third kappa shape index (κ3) is 3.22. The lowest BCUT2D eigenvalue weighted by Crippen LogP contribution is -2.46. The summed E-state index contributed by atoms with van der Waals surface area (Å²) in [5.74, 6) is 0.961. The number of likely N-dealkylation sites (tertiary alicyclic amines) is 1. The van der Waals surface area contributed by atoms with Gasteiger partial charge in [-0.05, 0) is 43.0 Å². The van der Waals surface area contributed by atoms with Crippen LogP contribution >= 0.6 is 0 Å². The lowest BCUT2D eigenvalue weighted by Gasteiger charge is -2.27. The second kappa shape index (κ2) is 6.54. The maximum absolute atomic E-state index is 13.5. The van der Waals surface area contributed by atoms with Crippen molar-refractivity contribution in [3.63, 3.8) is 0 Å². The van der Waals surface area contributed by atoms with Crippen LogP contribution in [0.2, 0.25) is 0 Å². The van der Waals surface area contributed by atoms with Crippen molar-refractivity contribution in [3.8, 4) is 5.88 Å². The van der Waals surface area contributed by atoms with E-state index < -0.39 is 10.0 Å². The Labute approximate surface area is 159 Å². The molecule has 27 heavy (non-hydrogen) atoms. The zero-order valence-electron chi connectivity index (χ0n) is 14.9. The number of pyridine rings is 2. The molecule has 1 saturated carbocycles. The second-order valence-electron chi connectivity index (χ2n) is 7.56. The molecule has 8 heteroatoms. The molecule has 0 aromatic carbocycles. The fourth-order valence-corrected chi connectivity index (χ4v) is 5.69. The minimum atomic E-state index is -3.73. The summed E-state index contributed by atoms with van der Waals surface area (Å²) >= 11 is 0. The van der Waals surface area contributed by atoms with Crippen LogP contribution in [0.25, 0.3) is 0 Å². The summed E-state index contributed by atoms with van der Waals surface area (Å²) < 4.78 is 34.6. The van der Waals surface area contributed by atoms with E-state index in [4.69, 9.17) is 4.74 Å². The molecular formula is C19H22N4O3S. The molecule has 142 valence electrons. The van der Waals surface area contributed by atoms with Crippen molar-refractivity contribution >= 4 is 10.0 Å². The maximum Gasteiger partial charge on any atom is 0.249 e. The number of hydrogen-bond donors (Lipinski definition) is 0. The zero-order chi connectivity index (χ0) is 18.4. The summed E-state index contributed by atoms with van der Waals surface area (Å²) in [6, 6.07) is 8.54. The third-order valence-corrected chi connectivity index (χ3v) is 7.41. The molecule has 2 aliphatic heterocycles. The summed E-state index contributed by atoms with van der Waals surface area (Å²) in [4.78, 5) is 11.0. The van der Waals surface area contributed by atoms with E-state index >= 15 is 0 Å². The van der Waals surface area contributed by atoms with Gasteiger partial charge in [-0.2, -0.15) is 4.31 Å². The fourth-order valence-electron chi connectivity index (χ4n) is 4.00. The summed E-state index contributed by atoms with van der Waals surface area (Å²) in [6.45, 7) is 2.66. The van der Waals surface area contributed by atoms with Crippen LogP contribution in [-0.2, 0) is 16.6 Å². The van der Waals surface area contributed by atoms with Gasteiger partial charge in [-0.3, -0.25) is 9.88 Å². The first-order valence-electron chi connectivity index (χ1n) is 9.37. The van der Waals surface area contributed by atoms with Crippen molar-refractivity contribution in [2.24, 2.45) is 5.92 Å². The number of ether oxygens (including phenoxy) is 1. The highest BCUT2D eigenvalue weighted by Crippen LogP contribution is 2.37. The van der Waals surface area contributed by atoms with Crippen LogP contribution in [0.15, 0.2) is 47.6 Å². The van der Waals surface area contributed by atoms with E-state index in [0.717, 1.165) is 24.7 Å². The second-order valence-corrected chi connectivity index (χ2v) is 9.42. The third-order valence-electron chi connectivity index (χ3n) is 5.53. The first kappa shape index (κ1) is 17.1. The van der Waals surface area contributed by atoms with Gasteiger partial charge in [-0.25, -0.2) is 13.4 Å². The molecule has 2 aromatic heterocycles. The molecule has 0 unspecified atom stereocenters.